The van der Waals surface area contributed by atoms with Crippen molar-refractivity contribution in [2.45, 2.75) is 13.3 Å². The molecule has 0 aromatic heterocycles. The Labute approximate surface area is 50.2 Å². The van der Waals surface area contributed by atoms with Crippen LogP contribution in [0.2, 0.25) is 0 Å². The minimum atomic E-state index is 1.05. The van der Waals surface area contributed by atoms with Crippen LogP contribution in [0.15, 0.2) is 0 Å². The average molecular weight is 116 g/mol. The van der Waals surface area contributed by atoms with Gasteiger partial charge in [-0.1, -0.05) is 6.92 Å². The zero-order chi connectivity index (χ0) is 6.41. The molecule has 0 rings (SSSR count). The summed E-state index contributed by atoms with van der Waals surface area (Å²) < 4.78 is 2.00. The van der Waals surface area contributed by atoms with Crippen molar-refractivity contribution in [3.05, 3.63) is 0 Å². The molecule has 0 aliphatic heterocycles. The molecule has 0 aromatic carbocycles. The Bertz CT molecular complexity index is 77.7. The van der Waals surface area contributed by atoms with E-state index in [-0.39, 0.29) is 0 Å². The Morgan fingerprint density at radius 2 is 2.38 bits per heavy atom. The van der Waals surface area contributed by atoms with Gasteiger partial charge in [-0.3, -0.25) is 4.58 Å². The Morgan fingerprint density at radius 3 is 2.75 bits per heavy atom. The summed E-state index contributed by atoms with van der Waals surface area (Å²) in [6.45, 7) is 3.17. The van der Waals surface area contributed by atoms with Gasteiger partial charge in [-0.05, 0) is 6.42 Å². The maximum absolute atomic E-state index is 5.01. The van der Waals surface area contributed by atoms with E-state index in [0.29, 0.717) is 0 Å². The van der Waals surface area contributed by atoms with Gasteiger partial charge in [0.05, 0.1) is 13.6 Å². The molecule has 0 radical (unpaired) electrons. The predicted octanol–water partition coefficient (Wildman–Crippen LogP) is -0.470. The first-order chi connectivity index (χ1) is 3.81. The van der Waals surface area contributed by atoms with Crippen LogP contribution in [-0.2, 0) is 0 Å². The second-order valence-corrected chi connectivity index (χ2v) is 1.78. The largest absolute Gasteiger partial charge is 0.270 e. The van der Waals surface area contributed by atoms with Gasteiger partial charge in [-0.25, -0.2) is 5.43 Å². The van der Waals surface area contributed by atoms with Crippen LogP contribution in [-0.4, -0.2) is 24.5 Å². The molecule has 0 aliphatic carbocycles. The predicted molar refractivity (Wildman–Crippen MR) is 34.7 cm³/mol. The molecule has 0 heterocycles. The lowest BCUT2D eigenvalue weighted by Crippen LogP contribution is -2.26. The molecule has 8 heavy (non-hydrogen) atoms. The zero-order valence-corrected chi connectivity index (χ0v) is 5.52. The molecule has 0 atom stereocenters. The van der Waals surface area contributed by atoms with Crippen molar-refractivity contribution >= 4 is 6.34 Å². The third kappa shape index (κ3) is 3.61. The molecule has 0 unspecified atom stereocenters. The van der Waals surface area contributed by atoms with Crippen LogP contribution in [0.1, 0.15) is 13.3 Å². The highest BCUT2D eigenvalue weighted by molar-refractivity contribution is 5.46. The highest BCUT2D eigenvalue weighted by Crippen LogP contribution is 1.71. The van der Waals surface area contributed by atoms with E-state index in [1.807, 2.05) is 11.6 Å². The van der Waals surface area contributed by atoms with Crippen LogP contribution in [0.25, 0.3) is 0 Å². The van der Waals surface area contributed by atoms with Crippen molar-refractivity contribution in [2.24, 2.45) is 5.84 Å². The summed E-state index contributed by atoms with van der Waals surface area (Å²) in [5.41, 5.74) is 2.45. The first-order valence-corrected chi connectivity index (χ1v) is 2.81. The fourth-order valence-corrected chi connectivity index (χ4v) is 0.544. The van der Waals surface area contributed by atoms with E-state index < -0.39 is 0 Å². The number of rotatable bonds is 3. The summed E-state index contributed by atoms with van der Waals surface area (Å²) in [7, 11) is 1.98. The van der Waals surface area contributed by atoms with E-state index in [4.69, 9.17) is 5.84 Å². The number of nitrogens with two attached hydrogens (primary N) is 1. The molecular weight excluding hydrogens is 102 g/mol. The highest BCUT2D eigenvalue weighted by Gasteiger charge is 1.84. The molecule has 0 saturated heterocycles. The van der Waals surface area contributed by atoms with Crippen molar-refractivity contribution in [3.63, 3.8) is 0 Å². The van der Waals surface area contributed by atoms with Crippen LogP contribution in [0, 0.1) is 0 Å². The molecule has 0 amide bonds. The van der Waals surface area contributed by atoms with Crippen LogP contribution in [0.4, 0.5) is 0 Å². The van der Waals surface area contributed by atoms with Crippen LogP contribution >= 0.6 is 0 Å². The van der Waals surface area contributed by atoms with Crippen LogP contribution in [0.3, 0.4) is 0 Å². The monoisotopic (exact) mass is 116 g/mol. The molecule has 0 spiro atoms. The number of hydrogen-bond donors (Lipinski definition) is 2. The molecule has 3 heteroatoms. The van der Waals surface area contributed by atoms with Gasteiger partial charge in [0.15, 0.2) is 0 Å². The Kier molecular flexibility index (Phi) is 4.26. The maximum atomic E-state index is 5.01. The Balaban J connectivity index is 3.29. The Morgan fingerprint density at radius 1 is 1.75 bits per heavy atom. The topological polar surface area (TPSA) is 41.1 Å². The summed E-state index contributed by atoms with van der Waals surface area (Å²) in [5, 5.41) is 0. The lowest BCUT2D eigenvalue weighted by Gasteiger charge is -1.93. The van der Waals surface area contributed by atoms with Gasteiger partial charge in [-0.2, -0.15) is 5.84 Å². The number of hydrazine groups is 1. The quantitative estimate of drug-likeness (QED) is 0.172. The summed E-state index contributed by atoms with van der Waals surface area (Å²) >= 11 is 0. The molecule has 0 aromatic rings. The van der Waals surface area contributed by atoms with E-state index >= 15 is 0 Å². The number of hydrogen-bond acceptors (Lipinski definition) is 1. The van der Waals surface area contributed by atoms with Gasteiger partial charge in [0.25, 0.3) is 0 Å². The SMILES string of the molecule is CCC[N+](C)=CNN. The first-order valence-electron chi connectivity index (χ1n) is 2.81. The highest BCUT2D eigenvalue weighted by atomic mass is 15.2. The molecule has 3 N–H and O–H groups in total. The van der Waals surface area contributed by atoms with Gasteiger partial charge < -0.3 is 0 Å². The standard InChI is InChI=1S/C5H13N3/c1-3-4-8(2)5-7-6/h5H,3-4,6H2,1-2H3/p+1. The van der Waals surface area contributed by atoms with Gasteiger partial charge in [-0.15, -0.1) is 0 Å². The van der Waals surface area contributed by atoms with Crippen molar-refractivity contribution in [1.82, 2.24) is 5.43 Å². The minimum Gasteiger partial charge on any atom is -0.270 e. The molecular formula is C5H14N3+. The van der Waals surface area contributed by atoms with E-state index in [1.54, 1.807) is 6.34 Å². The molecule has 0 saturated carbocycles. The maximum Gasteiger partial charge on any atom is 0.249 e. The molecule has 3 nitrogen and oxygen atoms in total. The molecule has 48 valence electrons. The van der Waals surface area contributed by atoms with E-state index in [2.05, 4.69) is 12.3 Å². The van der Waals surface area contributed by atoms with Gasteiger partial charge in [0.1, 0.15) is 0 Å². The summed E-state index contributed by atoms with van der Waals surface area (Å²) in [4.78, 5) is 0. The van der Waals surface area contributed by atoms with Gasteiger partial charge in [0, 0.05) is 0 Å². The Hall–Kier alpha value is -0.570. The summed E-state index contributed by atoms with van der Waals surface area (Å²) in [5.74, 6) is 5.01. The molecule has 0 bridgehead atoms. The second kappa shape index (κ2) is 4.59. The first kappa shape index (κ1) is 7.43. The van der Waals surface area contributed by atoms with Crippen molar-refractivity contribution < 1.29 is 4.58 Å². The summed E-state index contributed by atoms with van der Waals surface area (Å²) in [6, 6.07) is 0. The fourth-order valence-electron chi connectivity index (χ4n) is 0.544. The second-order valence-electron chi connectivity index (χ2n) is 1.78. The van der Waals surface area contributed by atoms with Crippen molar-refractivity contribution in [3.8, 4) is 0 Å². The van der Waals surface area contributed by atoms with Crippen molar-refractivity contribution in [1.29, 1.82) is 0 Å². The third-order valence-corrected chi connectivity index (χ3v) is 0.871. The average Bonchev–Trinajstić information content (AvgIpc) is 1.68. The van der Waals surface area contributed by atoms with Gasteiger partial charge >= 0.3 is 0 Å². The molecule has 0 aliphatic rings. The van der Waals surface area contributed by atoms with Crippen molar-refractivity contribution in [2.75, 3.05) is 13.6 Å². The van der Waals surface area contributed by atoms with Crippen LogP contribution < -0.4 is 11.3 Å². The van der Waals surface area contributed by atoms with E-state index in [1.165, 1.54) is 0 Å². The smallest absolute Gasteiger partial charge is 0.249 e. The third-order valence-electron chi connectivity index (χ3n) is 0.871. The van der Waals surface area contributed by atoms with E-state index in [9.17, 15) is 0 Å². The lowest BCUT2D eigenvalue weighted by molar-refractivity contribution is -0.494. The molecule has 0 fully saturated rings. The number of nitrogens with one attached hydrogen (secondary N) is 1. The minimum absolute atomic E-state index is 1.05. The van der Waals surface area contributed by atoms with Crippen LogP contribution in [0.5, 0.6) is 0 Å². The zero-order valence-electron chi connectivity index (χ0n) is 5.52. The van der Waals surface area contributed by atoms with E-state index in [0.717, 1.165) is 13.0 Å². The summed E-state index contributed by atoms with van der Waals surface area (Å²) in [6.07, 6.45) is 2.89. The number of nitrogens with zero attached hydrogens (tertiary/aromatic N) is 1. The normalized spacial score (nSPS) is 11.6. The fraction of sp³-hybridized carbons (Fsp3) is 0.800. The lowest BCUT2D eigenvalue weighted by atomic mass is 10.5. The van der Waals surface area contributed by atoms with Gasteiger partial charge in [0.2, 0.25) is 6.34 Å².